The van der Waals surface area contributed by atoms with Gasteiger partial charge in [0.25, 0.3) is 10.0 Å². The van der Waals surface area contributed by atoms with Crippen LogP contribution in [0.2, 0.25) is 0 Å². The Labute approximate surface area is 111 Å². The number of sulfonamides is 1. The lowest BCUT2D eigenvalue weighted by Crippen LogP contribution is -2.17. The zero-order valence-corrected chi connectivity index (χ0v) is 11.4. The molecule has 8 heteroatoms. The molecule has 0 fully saturated rings. The minimum Gasteiger partial charge on any atom is -0.384 e. The summed E-state index contributed by atoms with van der Waals surface area (Å²) in [6.45, 7) is 3.82. The highest BCUT2D eigenvalue weighted by Gasteiger charge is 2.17. The number of anilines is 2. The molecule has 102 valence electrons. The summed E-state index contributed by atoms with van der Waals surface area (Å²) in [6.07, 6.45) is 2.76. The molecule has 0 aromatic carbocycles. The molecule has 0 aliphatic carbocycles. The molecule has 0 radical (unpaired) electrons. The van der Waals surface area contributed by atoms with Gasteiger partial charge in [0, 0.05) is 18.3 Å². The molecule has 0 aliphatic heterocycles. The van der Waals surface area contributed by atoms with Crippen LogP contribution < -0.4 is 10.5 Å². The van der Waals surface area contributed by atoms with E-state index in [1.54, 1.807) is 16.9 Å². The SMILES string of the molecule is CC(C)n1nccc1NS(=O)(=O)c1ccc(N)nc1. The third kappa shape index (κ3) is 2.84. The highest BCUT2D eigenvalue weighted by molar-refractivity contribution is 7.92. The molecule has 0 spiro atoms. The lowest BCUT2D eigenvalue weighted by molar-refractivity contribution is 0.539. The third-order valence-electron chi connectivity index (χ3n) is 2.47. The van der Waals surface area contributed by atoms with Crippen LogP contribution in [0.3, 0.4) is 0 Å². The Hall–Kier alpha value is -2.09. The molecule has 7 nitrogen and oxygen atoms in total. The van der Waals surface area contributed by atoms with E-state index in [2.05, 4.69) is 14.8 Å². The first-order valence-corrected chi connectivity index (χ1v) is 7.16. The molecule has 2 aromatic heterocycles. The summed E-state index contributed by atoms with van der Waals surface area (Å²) >= 11 is 0. The van der Waals surface area contributed by atoms with Gasteiger partial charge in [-0.25, -0.2) is 18.1 Å². The maximum Gasteiger partial charge on any atom is 0.264 e. The van der Waals surface area contributed by atoms with E-state index in [9.17, 15) is 8.42 Å². The monoisotopic (exact) mass is 281 g/mol. The lowest BCUT2D eigenvalue weighted by atomic mass is 10.4. The first-order chi connectivity index (χ1) is 8.90. The number of nitrogens with zero attached hydrogens (tertiary/aromatic N) is 3. The molecular formula is C11H15N5O2S. The van der Waals surface area contributed by atoms with Crippen molar-refractivity contribution in [2.75, 3.05) is 10.5 Å². The average molecular weight is 281 g/mol. The van der Waals surface area contributed by atoms with Gasteiger partial charge in [0.15, 0.2) is 0 Å². The molecule has 2 rings (SSSR count). The van der Waals surface area contributed by atoms with E-state index in [1.807, 2.05) is 13.8 Å². The topological polar surface area (TPSA) is 103 Å². The van der Waals surface area contributed by atoms with Gasteiger partial charge < -0.3 is 5.73 Å². The number of pyridine rings is 1. The van der Waals surface area contributed by atoms with Crippen LogP contribution >= 0.6 is 0 Å². The molecule has 19 heavy (non-hydrogen) atoms. The van der Waals surface area contributed by atoms with Crippen molar-refractivity contribution < 1.29 is 8.42 Å². The van der Waals surface area contributed by atoms with Crippen molar-refractivity contribution in [1.82, 2.24) is 14.8 Å². The minimum absolute atomic E-state index is 0.0530. The molecule has 2 aromatic rings. The number of rotatable bonds is 4. The van der Waals surface area contributed by atoms with Crippen LogP contribution in [0.25, 0.3) is 0 Å². The first kappa shape index (κ1) is 13.3. The zero-order chi connectivity index (χ0) is 14.0. The van der Waals surface area contributed by atoms with Crippen molar-refractivity contribution in [3.63, 3.8) is 0 Å². The zero-order valence-electron chi connectivity index (χ0n) is 10.6. The number of hydrogen-bond acceptors (Lipinski definition) is 5. The smallest absolute Gasteiger partial charge is 0.264 e. The van der Waals surface area contributed by atoms with Crippen molar-refractivity contribution in [2.24, 2.45) is 0 Å². The van der Waals surface area contributed by atoms with E-state index in [1.165, 1.54) is 18.3 Å². The summed E-state index contributed by atoms with van der Waals surface area (Å²) in [6, 6.07) is 4.49. The number of nitrogens with one attached hydrogen (secondary N) is 1. The van der Waals surface area contributed by atoms with Gasteiger partial charge in [-0.1, -0.05) is 0 Å². The lowest BCUT2D eigenvalue weighted by Gasteiger charge is -2.12. The first-order valence-electron chi connectivity index (χ1n) is 5.68. The number of nitrogen functional groups attached to an aromatic ring is 1. The quantitative estimate of drug-likeness (QED) is 0.877. The number of aromatic nitrogens is 3. The van der Waals surface area contributed by atoms with Crippen molar-refractivity contribution in [2.45, 2.75) is 24.8 Å². The second-order valence-corrected chi connectivity index (χ2v) is 5.96. The van der Waals surface area contributed by atoms with E-state index in [4.69, 9.17) is 5.73 Å². The Morgan fingerprint density at radius 2 is 2.05 bits per heavy atom. The predicted octanol–water partition coefficient (Wildman–Crippen LogP) is 1.24. The van der Waals surface area contributed by atoms with Crippen LogP contribution in [-0.2, 0) is 10.0 Å². The summed E-state index contributed by atoms with van der Waals surface area (Å²) in [5.41, 5.74) is 5.43. The van der Waals surface area contributed by atoms with Crippen molar-refractivity contribution in [3.05, 3.63) is 30.6 Å². The normalized spacial score (nSPS) is 11.7. The largest absolute Gasteiger partial charge is 0.384 e. The molecule has 3 N–H and O–H groups in total. The van der Waals surface area contributed by atoms with E-state index >= 15 is 0 Å². The molecule has 0 saturated heterocycles. The Balaban J connectivity index is 2.31. The van der Waals surface area contributed by atoms with E-state index in [0.29, 0.717) is 5.82 Å². The fourth-order valence-corrected chi connectivity index (χ4v) is 2.55. The van der Waals surface area contributed by atoms with E-state index in [-0.39, 0.29) is 16.8 Å². The Kier molecular flexibility index (Phi) is 3.43. The standard InChI is InChI=1S/C11H15N5O2S/c1-8(2)16-11(5-6-14-16)15-19(17,18)9-3-4-10(12)13-7-9/h3-8,15H,1-2H3,(H2,12,13). The second kappa shape index (κ2) is 4.88. The Morgan fingerprint density at radius 3 is 2.63 bits per heavy atom. The highest BCUT2D eigenvalue weighted by Crippen LogP contribution is 2.18. The van der Waals surface area contributed by atoms with Crippen LogP contribution in [0.1, 0.15) is 19.9 Å². The van der Waals surface area contributed by atoms with Crippen molar-refractivity contribution in [3.8, 4) is 0 Å². The summed E-state index contributed by atoms with van der Waals surface area (Å²) in [4.78, 5) is 3.82. The van der Waals surface area contributed by atoms with Gasteiger partial charge in [-0.3, -0.25) is 4.72 Å². The Bertz CT molecular complexity index is 661. The van der Waals surface area contributed by atoms with Gasteiger partial charge in [-0.15, -0.1) is 0 Å². The molecule has 0 saturated carbocycles. The highest BCUT2D eigenvalue weighted by atomic mass is 32.2. The predicted molar refractivity (Wildman–Crippen MR) is 72.1 cm³/mol. The summed E-state index contributed by atoms with van der Waals surface area (Å²) in [5, 5.41) is 4.06. The fourth-order valence-electron chi connectivity index (χ4n) is 1.55. The molecule has 0 amide bonds. The third-order valence-corrected chi connectivity index (χ3v) is 3.81. The molecule has 2 heterocycles. The molecule has 0 atom stereocenters. The van der Waals surface area contributed by atoms with Gasteiger partial charge >= 0.3 is 0 Å². The van der Waals surface area contributed by atoms with Gasteiger partial charge in [0.1, 0.15) is 16.5 Å². The molecule has 0 unspecified atom stereocenters. The maximum absolute atomic E-state index is 12.2. The van der Waals surface area contributed by atoms with Crippen molar-refractivity contribution in [1.29, 1.82) is 0 Å². The van der Waals surface area contributed by atoms with Gasteiger partial charge in [-0.05, 0) is 26.0 Å². The number of nitrogens with two attached hydrogens (primary N) is 1. The van der Waals surface area contributed by atoms with Gasteiger partial charge in [0.05, 0.1) is 6.20 Å². The summed E-state index contributed by atoms with van der Waals surface area (Å²) < 4.78 is 28.4. The van der Waals surface area contributed by atoms with E-state index in [0.717, 1.165) is 0 Å². The fraction of sp³-hybridized carbons (Fsp3) is 0.273. The summed E-state index contributed by atoms with van der Waals surface area (Å²) in [7, 11) is -3.68. The minimum atomic E-state index is -3.68. The van der Waals surface area contributed by atoms with Crippen LogP contribution in [0.4, 0.5) is 11.6 Å². The molecular weight excluding hydrogens is 266 g/mol. The van der Waals surface area contributed by atoms with Gasteiger partial charge in [0.2, 0.25) is 0 Å². The summed E-state index contributed by atoms with van der Waals surface area (Å²) in [5.74, 6) is 0.679. The van der Waals surface area contributed by atoms with Crippen molar-refractivity contribution >= 4 is 21.7 Å². The molecule has 0 bridgehead atoms. The number of hydrogen-bond donors (Lipinski definition) is 2. The van der Waals surface area contributed by atoms with Gasteiger partial charge in [-0.2, -0.15) is 5.10 Å². The maximum atomic E-state index is 12.2. The van der Waals surface area contributed by atoms with Crippen LogP contribution in [0.15, 0.2) is 35.5 Å². The van der Waals surface area contributed by atoms with Crippen LogP contribution in [-0.4, -0.2) is 23.2 Å². The van der Waals surface area contributed by atoms with Crippen LogP contribution in [0, 0.1) is 0 Å². The van der Waals surface area contributed by atoms with Crippen LogP contribution in [0.5, 0.6) is 0 Å². The average Bonchev–Trinajstić information content (AvgIpc) is 2.77. The van der Waals surface area contributed by atoms with E-state index < -0.39 is 10.0 Å². The second-order valence-electron chi connectivity index (χ2n) is 4.28. The molecule has 0 aliphatic rings. The Morgan fingerprint density at radius 1 is 1.32 bits per heavy atom.